The standard InChI is InChI=1S/C43H29NO/c1-43(2)34-22-18-27-19-23-37-42-38(27)41(34)39-33(32-14-9-15-36(45-37)40(32)42)24-28(25-35(39)43)26-16-20-31(21-17-26)44(29-10-5-3-6-11-29)30-12-7-4-8-13-30/h3-25H,1-2H3. The van der Waals surface area contributed by atoms with Gasteiger partial charge in [-0.2, -0.15) is 0 Å². The Morgan fingerprint density at radius 2 is 1.13 bits per heavy atom. The highest BCUT2D eigenvalue weighted by molar-refractivity contribution is 6.30. The van der Waals surface area contributed by atoms with Crippen molar-refractivity contribution in [1.82, 2.24) is 0 Å². The summed E-state index contributed by atoms with van der Waals surface area (Å²) >= 11 is 0. The van der Waals surface area contributed by atoms with E-state index in [2.05, 4.69) is 158 Å². The smallest absolute Gasteiger partial charge is 0.136 e. The molecule has 0 atom stereocenters. The molecular formula is C43H29NO. The van der Waals surface area contributed by atoms with Crippen molar-refractivity contribution in [2.45, 2.75) is 19.3 Å². The number of rotatable bonds is 4. The molecule has 0 bridgehead atoms. The molecule has 0 saturated heterocycles. The van der Waals surface area contributed by atoms with E-state index >= 15 is 0 Å². The minimum atomic E-state index is -0.127. The van der Waals surface area contributed by atoms with Crippen molar-refractivity contribution in [3.63, 3.8) is 0 Å². The Morgan fingerprint density at radius 1 is 0.467 bits per heavy atom. The zero-order valence-corrected chi connectivity index (χ0v) is 25.1. The average molecular weight is 576 g/mol. The molecule has 1 heterocycles. The van der Waals surface area contributed by atoms with E-state index in [1.54, 1.807) is 0 Å². The molecule has 2 nitrogen and oxygen atoms in total. The SMILES string of the molecule is CC1(C)c2cc(-c3ccc(N(c4ccccc4)c4ccccc4)cc3)cc3c2-c2c1ccc1ccc4oc5cccc-3c5c4c21. The third kappa shape index (κ3) is 3.29. The van der Waals surface area contributed by atoms with E-state index in [9.17, 15) is 0 Å². The topological polar surface area (TPSA) is 16.4 Å². The second-order valence-electron chi connectivity index (χ2n) is 12.9. The molecule has 0 spiro atoms. The van der Waals surface area contributed by atoms with Crippen LogP contribution in [0.1, 0.15) is 25.0 Å². The summed E-state index contributed by atoms with van der Waals surface area (Å²) in [6, 6.07) is 50.7. The molecule has 2 aliphatic rings. The molecule has 2 aliphatic carbocycles. The van der Waals surface area contributed by atoms with Crippen LogP contribution in [-0.4, -0.2) is 0 Å². The van der Waals surface area contributed by atoms with Crippen LogP contribution in [0.4, 0.5) is 17.1 Å². The molecule has 8 aromatic rings. The van der Waals surface area contributed by atoms with Gasteiger partial charge in [0.2, 0.25) is 0 Å². The van der Waals surface area contributed by atoms with E-state index in [4.69, 9.17) is 4.42 Å². The molecule has 0 N–H and O–H groups in total. The summed E-state index contributed by atoms with van der Waals surface area (Å²) in [6.45, 7) is 4.77. The first-order chi connectivity index (χ1) is 22.1. The number of nitrogens with zero attached hydrogens (tertiary/aromatic N) is 1. The van der Waals surface area contributed by atoms with Crippen molar-refractivity contribution >= 4 is 49.8 Å². The van der Waals surface area contributed by atoms with E-state index in [1.807, 2.05) is 0 Å². The number of fused-ring (bicyclic) bond motifs is 1. The summed E-state index contributed by atoms with van der Waals surface area (Å²) < 4.78 is 6.47. The van der Waals surface area contributed by atoms with Gasteiger partial charge in [0.25, 0.3) is 0 Å². The zero-order chi connectivity index (χ0) is 29.9. The van der Waals surface area contributed by atoms with E-state index < -0.39 is 0 Å². The molecule has 0 radical (unpaired) electrons. The lowest BCUT2D eigenvalue weighted by Gasteiger charge is -2.26. The number of para-hydroxylation sites is 2. The normalized spacial score (nSPS) is 13.7. The first-order valence-corrected chi connectivity index (χ1v) is 15.7. The van der Waals surface area contributed by atoms with Crippen LogP contribution in [-0.2, 0) is 5.41 Å². The van der Waals surface area contributed by atoms with Gasteiger partial charge in [-0.25, -0.2) is 0 Å². The molecule has 0 amide bonds. The Hall–Kier alpha value is -5.60. The highest BCUT2D eigenvalue weighted by atomic mass is 16.3. The molecule has 212 valence electrons. The zero-order valence-electron chi connectivity index (χ0n) is 25.1. The number of benzene rings is 7. The second-order valence-corrected chi connectivity index (χ2v) is 12.9. The maximum Gasteiger partial charge on any atom is 0.136 e. The molecule has 1 aromatic heterocycles. The van der Waals surface area contributed by atoms with E-state index in [1.165, 1.54) is 66.1 Å². The molecule has 0 unspecified atom stereocenters. The molecular weight excluding hydrogens is 546 g/mol. The van der Waals surface area contributed by atoms with Crippen LogP contribution in [0.2, 0.25) is 0 Å². The third-order valence-electron chi connectivity index (χ3n) is 10.2. The lowest BCUT2D eigenvalue weighted by molar-refractivity contribution is 0.661. The number of hydrogen-bond donors (Lipinski definition) is 0. The molecule has 10 rings (SSSR count). The van der Waals surface area contributed by atoms with Gasteiger partial charge in [-0.1, -0.05) is 92.7 Å². The van der Waals surface area contributed by atoms with E-state index in [-0.39, 0.29) is 5.41 Å². The highest BCUT2D eigenvalue weighted by Gasteiger charge is 2.40. The third-order valence-corrected chi connectivity index (χ3v) is 10.2. The summed E-state index contributed by atoms with van der Waals surface area (Å²) in [5, 5.41) is 5.09. The summed E-state index contributed by atoms with van der Waals surface area (Å²) in [5.41, 5.74) is 15.8. The molecule has 0 saturated carbocycles. The van der Waals surface area contributed by atoms with Gasteiger partial charge >= 0.3 is 0 Å². The quantitative estimate of drug-likeness (QED) is 0.207. The second kappa shape index (κ2) is 8.74. The lowest BCUT2D eigenvalue weighted by Crippen LogP contribution is -2.15. The Labute approximate surface area is 261 Å². The minimum Gasteiger partial charge on any atom is -0.456 e. The average Bonchev–Trinajstić information content (AvgIpc) is 3.53. The van der Waals surface area contributed by atoms with Crippen molar-refractivity contribution < 1.29 is 4.42 Å². The maximum absolute atomic E-state index is 6.47. The summed E-state index contributed by atoms with van der Waals surface area (Å²) in [5.74, 6) is 0. The van der Waals surface area contributed by atoms with Gasteiger partial charge < -0.3 is 9.32 Å². The molecule has 0 aliphatic heterocycles. The Bertz CT molecular complexity index is 2450. The molecule has 2 heteroatoms. The fourth-order valence-electron chi connectivity index (χ4n) is 8.06. The molecule has 45 heavy (non-hydrogen) atoms. The predicted octanol–water partition coefficient (Wildman–Crippen LogP) is 12.2. The molecule has 0 fully saturated rings. The van der Waals surface area contributed by atoms with Crippen LogP contribution in [0.5, 0.6) is 0 Å². The van der Waals surface area contributed by atoms with Crippen molar-refractivity contribution in [1.29, 1.82) is 0 Å². The highest BCUT2D eigenvalue weighted by Crippen LogP contribution is 2.59. The van der Waals surface area contributed by atoms with Crippen LogP contribution >= 0.6 is 0 Å². The number of furan rings is 1. The first-order valence-electron chi connectivity index (χ1n) is 15.7. The monoisotopic (exact) mass is 575 g/mol. The number of anilines is 3. The fourth-order valence-corrected chi connectivity index (χ4v) is 8.06. The van der Waals surface area contributed by atoms with Crippen LogP contribution in [0, 0.1) is 0 Å². The summed E-state index contributed by atoms with van der Waals surface area (Å²) in [4.78, 5) is 2.31. The van der Waals surface area contributed by atoms with Gasteiger partial charge in [0.15, 0.2) is 0 Å². The maximum atomic E-state index is 6.47. The van der Waals surface area contributed by atoms with Gasteiger partial charge in [0.05, 0.1) is 0 Å². The predicted molar refractivity (Wildman–Crippen MR) is 188 cm³/mol. The van der Waals surface area contributed by atoms with Gasteiger partial charge in [0, 0.05) is 38.6 Å². The van der Waals surface area contributed by atoms with Gasteiger partial charge in [-0.3, -0.25) is 0 Å². The Kier molecular flexibility index (Phi) is 4.82. The summed E-state index contributed by atoms with van der Waals surface area (Å²) in [7, 11) is 0. The van der Waals surface area contributed by atoms with Gasteiger partial charge in [-0.15, -0.1) is 0 Å². The van der Waals surface area contributed by atoms with Gasteiger partial charge in [-0.05, 0) is 111 Å². The number of hydrogen-bond acceptors (Lipinski definition) is 2. The van der Waals surface area contributed by atoms with E-state index in [0.717, 1.165) is 28.2 Å². The van der Waals surface area contributed by atoms with Crippen LogP contribution in [0.15, 0.2) is 144 Å². The fraction of sp³-hybridized carbons (Fsp3) is 0.0698. The van der Waals surface area contributed by atoms with Crippen molar-refractivity contribution in [2.75, 3.05) is 4.90 Å². The Balaban J connectivity index is 1.20. The summed E-state index contributed by atoms with van der Waals surface area (Å²) in [6.07, 6.45) is 0. The molecule has 7 aromatic carbocycles. The van der Waals surface area contributed by atoms with Crippen molar-refractivity contribution in [2.24, 2.45) is 0 Å². The van der Waals surface area contributed by atoms with Gasteiger partial charge in [0.1, 0.15) is 11.2 Å². The van der Waals surface area contributed by atoms with Crippen molar-refractivity contribution in [3.05, 3.63) is 151 Å². The van der Waals surface area contributed by atoms with Crippen molar-refractivity contribution in [3.8, 4) is 33.4 Å². The van der Waals surface area contributed by atoms with Crippen LogP contribution in [0.3, 0.4) is 0 Å². The first kappa shape index (κ1) is 24.8. The largest absolute Gasteiger partial charge is 0.456 e. The Morgan fingerprint density at radius 3 is 1.87 bits per heavy atom. The van der Waals surface area contributed by atoms with Crippen LogP contribution in [0.25, 0.3) is 66.1 Å². The van der Waals surface area contributed by atoms with E-state index in [0.29, 0.717) is 0 Å². The minimum absolute atomic E-state index is 0.127. The lowest BCUT2D eigenvalue weighted by atomic mass is 9.80. The van der Waals surface area contributed by atoms with Crippen LogP contribution < -0.4 is 4.90 Å².